The Labute approximate surface area is 118 Å². The van der Waals surface area contributed by atoms with Crippen LogP contribution in [0.3, 0.4) is 0 Å². The molecule has 20 heavy (non-hydrogen) atoms. The van der Waals surface area contributed by atoms with Crippen LogP contribution in [0, 0.1) is 11.6 Å². The van der Waals surface area contributed by atoms with Gasteiger partial charge in [0.1, 0.15) is 17.5 Å². The lowest BCUT2D eigenvalue weighted by Crippen LogP contribution is -2.24. The highest BCUT2D eigenvalue weighted by molar-refractivity contribution is 6.30. The maximum absolute atomic E-state index is 13.0. The number of aromatic nitrogens is 1. The van der Waals surface area contributed by atoms with Crippen LogP contribution in [-0.4, -0.2) is 10.9 Å². The Bertz CT molecular complexity index is 664. The van der Waals surface area contributed by atoms with E-state index in [4.69, 9.17) is 17.3 Å². The molecule has 0 bridgehead atoms. The van der Waals surface area contributed by atoms with Crippen molar-refractivity contribution in [2.24, 2.45) is 0 Å². The third-order valence-electron chi connectivity index (χ3n) is 2.57. The summed E-state index contributed by atoms with van der Waals surface area (Å²) in [6, 6.07) is 5.07. The number of amides is 1. The molecule has 0 aliphatic rings. The molecule has 2 aromatic rings. The van der Waals surface area contributed by atoms with Gasteiger partial charge in [0, 0.05) is 6.54 Å². The van der Waals surface area contributed by atoms with E-state index in [0.29, 0.717) is 5.56 Å². The van der Waals surface area contributed by atoms with Crippen molar-refractivity contribution in [3.05, 3.63) is 58.2 Å². The molecule has 0 unspecified atom stereocenters. The standard InChI is InChI=1S/C13H10ClF2N3O/c14-10-3-7(1-2-11(10)16)5-19-13(20)9-4-8(15)6-18-12(9)17/h1-4,6H,5H2,(H2,17,18)(H,19,20). The van der Waals surface area contributed by atoms with Crippen LogP contribution in [-0.2, 0) is 6.54 Å². The van der Waals surface area contributed by atoms with Crippen LogP contribution in [0.25, 0.3) is 0 Å². The number of pyridine rings is 1. The summed E-state index contributed by atoms with van der Waals surface area (Å²) in [5, 5.41) is 2.49. The minimum Gasteiger partial charge on any atom is -0.383 e. The highest BCUT2D eigenvalue weighted by Crippen LogP contribution is 2.16. The highest BCUT2D eigenvalue weighted by Gasteiger charge is 2.12. The SMILES string of the molecule is Nc1ncc(F)cc1C(=O)NCc1ccc(F)c(Cl)c1. The Kier molecular flexibility index (Phi) is 4.14. The summed E-state index contributed by atoms with van der Waals surface area (Å²) in [5.74, 6) is -1.84. The van der Waals surface area contributed by atoms with Crippen LogP contribution in [0.2, 0.25) is 5.02 Å². The molecule has 4 nitrogen and oxygen atoms in total. The van der Waals surface area contributed by atoms with E-state index in [0.717, 1.165) is 12.3 Å². The molecule has 0 aliphatic carbocycles. The first-order chi connectivity index (χ1) is 9.47. The Morgan fingerprint density at radius 3 is 2.80 bits per heavy atom. The lowest BCUT2D eigenvalue weighted by Gasteiger charge is -2.07. The molecular formula is C13H10ClF2N3O. The van der Waals surface area contributed by atoms with Crippen LogP contribution >= 0.6 is 11.6 Å². The van der Waals surface area contributed by atoms with E-state index in [-0.39, 0.29) is 22.9 Å². The van der Waals surface area contributed by atoms with Crippen molar-refractivity contribution < 1.29 is 13.6 Å². The van der Waals surface area contributed by atoms with Crippen molar-refractivity contribution in [1.29, 1.82) is 0 Å². The number of nitrogen functional groups attached to an aromatic ring is 1. The minimum absolute atomic E-state index is 0.0383. The Hall–Kier alpha value is -2.21. The number of rotatable bonds is 3. The van der Waals surface area contributed by atoms with Crippen molar-refractivity contribution in [3.63, 3.8) is 0 Å². The van der Waals surface area contributed by atoms with Gasteiger partial charge in [0.25, 0.3) is 5.91 Å². The van der Waals surface area contributed by atoms with Crippen LogP contribution < -0.4 is 11.1 Å². The topological polar surface area (TPSA) is 68.0 Å². The summed E-state index contributed by atoms with van der Waals surface area (Å²) in [6.07, 6.45) is 0.922. The van der Waals surface area contributed by atoms with Crippen molar-refractivity contribution in [1.82, 2.24) is 10.3 Å². The van der Waals surface area contributed by atoms with Gasteiger partial charge in [-0.25, -0.2) is 13.8 Å². The molecule has 0 aliphatic heterocycles. The number of carbonyl (C=O) groups excluding carboxylic acids is 1. The summed E-state index contributed by atoms with van der Waals surface area (Å²) in [6.45, 7) is 0.106. The number of halogens is 3. The van der Waals surface area contributed by atoms with Crippen molar-refractivity contribution >= 4 is 23.3 Å². The first kappa shape index (κ1) is 14.2. The third kappa shape index (κ3) is 3.21. The smallest absolute Gasteiger partial charge is 0.255 e. The fraction of sp³-hybridized carbons (Fsp3) is 0.0769. The van der Waals surface area contributed by atoms with E-state index in [1.54, 1.807) is 0 Å². The molecule has 0 atom stereocenters. The number of nitrogens with zero attached hydrogens (tertiary/aromatic N) is 1. The first-order valence-corrected chi connectivity index (χ1v) is 5.98. The zero-order valence-electron chi connectivity index (χ0n) is 10.2. The van der Waals surface area contributed by atoms with Crippen molar-refractivity contribution in [3.8, 4) is 0 Å². The average molecular weight is 298 g/mol. The first-order valence-electron chi connectivity index (χ1n) is 5.60. The second kappa shape index (κ2) is 5.83. The summed E-state index contributed by atoms with van der Waals surface area (Å²) in [4.78, 5) is 15.4. The maximum Gasteiger partial charge on any atom is 0.255 e. The second-order valence-corrected chi connectivity index (χ2v) is 4.42. The summed E-state index contributed by atoms with van der Waals surface area (Å²) >= 11 is 5.62. The van der Waals surface area contributed by atoms with E-state index in [1.807, 2.05) is 0 Å². The van der Waals surface area contributed by atoms with Gasteiger partial charge in [0.2, 0.25) is 0 Å². The van der Waals surface area contributed by atoms with E-state index >= 15 is 0 Å². The van der Waals surface area contributed by atoms with Crippen molar-refractivity contribution in [2.45, 2.75) is 6.54 Å². The van der Waals surface area contributed by atoms with Gasteiger partial charge in [0.15, 0.2) is 0 Å². The van der Waals surface area contributed by atoms with Gasteiger partial charge < -0.3 is 11.1 Å². The molecule has 0 fully saturated rings. The Morgan fingerprint density at radius 2 is 2.10 bits per heavy atom. The quantitative estimate of drug-likeness (QED) is 0.915. The predicted octanol–water partition coefficient (Wildman–Crippen LogP) is 2.53. The second-order valence-electron chi connectivity index (χ2n) is 4.02. The van der Waals surface area contributed by atoms with Gasteiger partial charge in [-0.1, -0.05) is 17.7 Å². The zero-order chi connectivity index (χ0) is 14.7. The van der Waals surface area contributed by atoms with E-state index < -0.39 is 17.5 Å². The van der Waals surface area contributed by atoms with Gasteiger partial charge in [-0.3, -0.25) is 4.79 Å². The summed E-state index contributed by atoms with van der Waals surface area (Å²) in [7, 11) is 0. The molecule has 104 valence electrons. The fourth-order valence-electron chi connectivity index (χ4n) is 1.56. The van der Waals surface area contributed by atoms with Gasteiger partial charge in [-0.15, -0.1) is 0 Å². The third-order valence-corrected chi connectivity index (χ3v) is 2.86. The molecule has 1 heterocycles. The molecular weight excluding hydrogens is 288 g/mol. The summed E-state index contributed by atoms with van der Waals surface area (Å²) < 4.78 is 26.0. The monoisotopic (exact) mass is 297 g/mol. The molecule has 0 spiro atoms. The molecule has 0 saturated heterocycles. The number of nitrogens with two attached hydrogens (primary N) is 1. The van der Waals surface area contributed by atoms with E-state index in [9.17, 15) is 13.6 Å². The normalized spacial score (nSPS) is 10.3. The number of nitrogens with one attached hydrogen (secondary N) is 1. The maximum atomic E-state index is 13.0. The van der Waals surface area contributed by atoms with Gasteiger partial charge in [-0.2, -0.15) is 0 Å². The number of benzene rings is 1. The number of anilines is 1. The fourth-order valence-corrected chi connectivity index (χ4v) is 1.76. The van der Waals surface area contributed by atoms with Crippen LogP contribution in [0.4, 0.5) is 14.6 Å². The predicted molar refractivity (Wildman–Crippen MR) is 71.2 cm³/mol. The summed E-state index contributed by atoms with van der Waals surface area (Å²) in [5.41, 5.74) is 6.04. The molecule has 1 aromatic heterocycles. The molecule has 0 saturated carbocycles. The molecule has 7 heteroatoms. The van der Waals surface area contributed by atoms with Crippen LogP contribution in [0.15, 0.2) is 30.5 Å². The molecule has 1 aromatic carbocycles. The van der Waals surface area contributed by atoms with E-state index in [2.05, 4.69) is 10.3 Å². The zero-order valence-corrected chi connectivity index (χ0v) is 10.9. The van der Waals surface area contributed by atoms with Gasteiger partial charge in [-0.05, 0) is 23.8 Å². The highest BCUT2D eigenvalue weighted by atomic mass is 35.5. The Balaban J connectivity index is 2.08. The van der Waals surface area contributed by atoms with E-state index in [1.165, 1.54) is 18.2 Å². The number of hydrogen-bond donors (Lipinski definition) is 2. The molecule has 0 radical (unpaired) electrons. The number of hydrogen-bond acceptors (Lipinski definition) is 3. The average Bonchev–Trinajstić information content (AvgIpc) is 2.42. The molecule has 3 N–H and O–H groups in total. The number of carbonyl (C=O) groups is 1. The van der Waals surface area contributed by atoms with Crippen molar-refractivity contribution in [2.75, 3.05) is 5.73 Å². The molecule has 2 rings (SSSR count). The minimum atomic E-state index is -0.658. The Morgan fingerprint density at radius 1 is 1.35 bits per heavy atom. The van der Waals surface area contributed by atoms with Gasteiger partial charge in [0.05, 0.1) is 16.8 Å². The van der Waals surface area contributed by atoms with Crippen LogP contribution in [0.1, 0.15) is 15.9 Å². The molecule has 1 amide bonds. The van der Waals surface area contributed by atoms with Crippen LogP contribution in [0.5, 0.6) is 0 Å². The van der Waals surface area contributed by atoms with Gasteiger partial charge >= 0.3 is 0 Å². The largest absolute Gasteiger partial charge is 0.383 e. The lowest BCUT2D eigenvalue weighted by molar-refractivity contribution is 0.0951. The lowest BCUT2D eigenvalue weighted by atomic mass is 10.2.